The number of ether oxygens (including phenoxy) is 1. The number of hydrogen-bond acceptors (Lipinski definition) is 3. The molecule has 0 amide bonds. The van der Waals surface area contributed by atoms with Gasteiger partial charge in [0.05, 0.1) is 7.11 Å². The lowest BCUT2D eigenvalue weighted by Gasteiger charge is -1.97. The van der Waals surface area contributed by atoms with Crippen LogP contribution in [0.3, 0.4) is 0 Å². The Morgan fingerprint density at radius 2 is 1.92 bits per heavy atom. The Hall–Kier alpha value is -0.995. The van der Waals surface area contributed by atoms with Gasteiger partial charge in [0.2, 0.25) is 0 Å². The van der Waals surface area contributed by atoms with E-state index in [-0.39, 0.29) is 7.69 Å². The van der Waals surface area contributed by atoms with Crippen molar-refractivity contribution < 1.29 is 14.8 Å². The maximum absolute atomic E-state index is 7.00. The molecule has 0 saturated heterocycles. The van der Waals surface area contributed by atoms with E-state index in [0.29, 0.717) is 0 Å². The second-order valence-corrected chi connectivity index (χ2v) is 2.14. The van der Waals surface area contributed by atoms with Crippen LogP contribution in [0.1, 0.15) is 5.56 Å². The first-order chi connectivity index (χ1) is 5.74. The van der Waals surface area contributed by atoms with Crippen molar-refractivity contribution in [1.29, 1.82) is 0 Å². The first-order valence-electron chi connectivity index (χ1n) is 3.45. The zero-order valence-corrected chi connectivity index (χ0v) is 7.19. The van der Waals surface area contributed by atoms with Gasteiger partial charge in [-0.05, 0) is 24.6 Å². The molecule has 1 aromatic carbocycles. The molecule has 1 radical (unpaired) electrons. The minimum atomic E-state index is 0. The summed E-state index contributed by atoms with van der Waals surface area (Å²) in [5.41, 5.74) is 1.23. The Kier molecular flexibility index (Phi) is 6.14. The maximum atomic E-state index is 7.00. The van der Waals surface area contributed by atoms with Gasteiger partial charge in [-0.25, -0.2) is 0 Å². The highest BCUT2D eigenvalue weighted by Crippen LogP contribution is 2.10. The molecule has 1 aromatic rings. The number of hydrogen-bond donors (Lipinski definition) is 2. The van der Waals surface area contributed by atoms with Crippen LogP contribution < -0.4 is 4.74 Å². The van der Waals surface area contributed by atoms with Crippen LogP contribution in [0.25, 0.3) is 0 Å². The molecule has 1 rings (SSSR count). The molecule has 0 aliphatic carbocycles. The Labute approximate surface area is 72.9 Å². The summed E-state index contributed by atoms with van der Waals surface area (Å²) in [6, 6.07) is 7.96. The summed E-state index contributed by atoms with van der Waals surface area (Å²) in [7, 11) is 1.68. The minimum absolute atomic E-state index is 0. The third kappa shape index (κ3) is 4.76. The molecule has 0 fully saturated rings. The largest absolute Gasteiger partial charge is 0.497 e. The summed E-state index contributed by atoms with van der Waals surface area (Å²) < 4.78 is 5.00. The van der Waals surface area contributed by atoms with E-state index in [1.165, 1.54) is 5.56 Å². The normalized spacial score (nSPS) is 8.00. The average molecular weight is 167 g/mol. The van der Waals surface area contributed by atoms with E-state index in [1.807, 2.05) is 31.2 Å². The van der Waals surface area contributed by atoms with Crippen LogP contribution in [0.2, 0.25) is 0 Å². The molecular weight excluding hydrogens is 155 g/mol. The zero-order chi connectivity index (χ0) is 9.40. The predicted molar refractivity (Wildman–Crippen MR) is 47.9 cm³/mol. The summed E-state index contributed by atoms with van der Waals surface area (Å²) in [5, 5.41) is 14.0. The highest BCUT2D eigenvalue weighted by atomic mass is 16.5. The van der Waals surface area contributed by atoms with Crippen molar-refractivity contribution in [3.8, 4) is 5.75 Å². The summed E-state index contributed by atoms with van der Waals surface area (Å²) in [5.74, 6) is 0.926. The molecule has 0 bridgehead atoms. The Balaban J connectivity index is 0.000000354. The third-order valence-corrected chi connectivity index (χ3v) is 1.23. The summed E-state index contributed by atoms with van der Waals surface area (Å²) in [6.07, 6.45) is 0. The highest BCUT2D eigenvalue weighted by molar-refractivity contribution is 6.13. The van der Waals surface area contributed by atoms with Gasteiger partial charge in [-0.15, -0.1) is 0 Å². The van der Waals surface area contributed by atoms with Gasteiger partial charge in [0.25, 0.3) is 0 Å². The van der Waals surface area contributed by atoms with Crippen molar-refractivity contribution in [2.45, 2.75) is 6.92 Å². The van der Waals surface area contributed by atoms with Crippen LogP contribution in [0.4, 0.5) is 0 Å². The number of methoxy groups -OCH3 is 1. The molecule has 3 nitrogen and oxygen atoms in total. The summed E-state index contributed by atoms with van der Waals surface area (Å²) in [6.45, 7) is 2.04. The molecule has 0 spiro atoms. The van der Waals surface area contributed by atoms with E-state index >= 15 is 0 Å². The first-order valence-corrected chi connectivity index (χ1v) is 3.45. The molecular formula is C8H12BO3. The van der Waals surface area contributed by atoms with Gasteiger partial charge < -0.3 is 14.8 Å². The van der Waals surface area contributed by atoms with Crippen LogP contribution in [-0.4, -0.2) is 24.8 Å². The lowest BCUT2D eigenvalue weighted by atomic mass is 10.2. The van der Waals surface area contributed by atoms with Crippen molar-refractivity contribution >= 4 is 7.69 Å². The van der Waals surface area contributed by atoms with Gasteiger partial charge in [0, 0.05) is 0 Å². The summed E-state index contributed by atoms with van der Waals surface area (Å²) in [4.78, 5) is 0. The molecule has 0 aromatic heterocycles. The Morgan fingerprint density at radius 1 is 1.33 bits per heavy atom. The third-order valence-electron chi connectivity index (χ3n) is 1.23. The molecule has 0 unspecified atom stereocenters. The van der Waals surface area contributed by atoms with E-state index in [0.717, 1.165) is 5.75 Å². The number of rotatable bonds is 1. The fourth-order valence-corrected chi connectivity index (χ4v) is 0.742. The minimum Gasteiger partial charge on any atom is -0.497 e. The Morgan fingerprint density at radius 3 is 2.25 bits per heavy atom. The molecule has 0 saturated carbocycles. The van der Waals surface area contributed by atoms with Crippen molar-refractivity contribution in [3.63, 3.8) is 0 Å². The quantitative estimate of drug-likeness (QED) is 0.599. The molecule has 0 heterocycles. The molecule has 2 N–H and O–H groups in total. The van der Waals surface area contributed by atoms with Crippen LogP contribution in [0.15, 0.2) is 24.3 Å². The van der Waals surface area contributed by atoms with Gasteiger partial charge in [0.1, 0.15) is 5.75 Å². The second-order valence-electron chi connectivity index (χ2n) is 2.14. The van der Waals surface area contributed by atoms with Crippen LogP contribution in [0.5, 0.6) is 5.75 Å². The first kappa shape index (κ1) is 11.0. The lowest BCUT2D eigenvalue weighted by Crippen LogP contribution is -1.81. The highest BCUT2D eigenvalue weighted by Gasteiger charge is 1.86. The Bertz CT molecular complexity index is 215. The summed E-state index contributed by atoms with van der Waals surface area (Å²) >= 11 is 0. The van der Waals surface area contributed by atoms with E-state index < -0.39 is 0 Å². The SMILES string of the molecule is COc1cccc(C)c1.O[B]O. The number of aryl methyl sites for hydroxylation is 1. The second kappa shape index (κ2) is 6.70. The maximum Gasteiger partial charge on any atom is 0.482 e. The van der Waals surface area contributed by atoms with Gasteiger partial charge in [-0.1, -0.05) is 12.1 Å². The molecule has 4 heteroatoms. The van der Waals surface area contributed by atoms with Gasteiger partial charge in [0.15, 0.2) is 0 Å². The van der Waals surface area contributed by atoms with Crippen LogP contribution in [-0.2, 0) is 0 Å². The molecule has 0 atom stereocenters. The average Bonchev–Trinajstić information content (AvgIpc) is 2.06. The molecule has 0 aliphatic heterocycles. The van der Waals surface area contributed by atoms with Gasteiger partial charge in [-0.3, -0.25) is 0 Å². The van der Waals surface area contributed by atoms with Crippen LogP contribution >= 0.6 is 0 Å². The zero-order valence-electron chi connectivity index (χ0n) is 7.19. The van der Waals surface area contributed by atoms with Gasteiger partial charge in [-0.2, -0.15) is 0 Å². The lowest BCUT2D eigenvalue weighted by molar-refractivity contribution is 0.414. The van der Waals surface area contributed by atoms with Gasteiger partial charge >= 0.3 is 7.69 Å². The van der Waals surface area contributed by atoms with Crippen molar-refractivity contribution in [2.24, 2.45) is 0 Å². The van der Waals surface area contributed by atoms with E-state index in [1.54, 1.807) is 7.11 Å². The van der Waals surface area contributed by atoms with Crippen LogP contribution in [0, 0.1) is 6.92 Å². The van der Waals surface area contributed by atoms with E-state index in [2.05, 4.69) is 0 Å². The number of benzene rings is 1. The smallest absolute Gasteiger partial charge is 0.482 e. The fraction of sp³-hybridized carbons (Fsp3) is 0.250. The van der Waals surface area contributed by atoms with Crippen molar-refractivity contribution in [2.75, 3.05) is 7.11 Å². The topological polar surface area (TPSA) is 49.7 Å². The van der Waals surface area contributed by atoms with Crippen molar-refractivity contribution in [3.05, 3.63) is 29.8 Å². The fourth-order valence-electron chi connectivity index (χ4n) is 0.742. The molecule has 12 heavy (non-hydrogen) atoms. The van der Waals surface area contributed by atoms with Crippen molar-refractivity contribution in [1.82, 2.24) is 0 Å². The van der Waals surface area contributed by atoms with E-state index in [9.17, 15) is 0 Å². The van der Waals surface area contributed by atoms with E-state index in [4.69, 9.17) is 14.8 Å². The predicted octanol–water partition coefficient (Wildman–Crippen LogP) is 0.509. The standard InChI is InChI=1S/C8H10O.BH2O2/c1-7-4-3-5-8(6-7)9-2;2-1-3/h3-6H,1-2H3;2-3H. The molecule has 0 aliphatic rings. The molecule has 65 valence electrons. The monoisotopic (exact) mass is 167 g/mol.